The molecule has 1 saturated heterocycles. The number of hydrogen-bond donors (Lipinski definition) is 2. The number of aromatic nitrogens is 4. The number of amides is 1. The highest BCUT2D eigenvalue weighted by molar-refractivity contribution is 5.95. The van der Waals surface area contributed by atoms with Crippen molar-refractivity contribution in [3.63, 3.8) is 0 Å². The van der Waals surface area contributed by atoms with Crippen LogP contribution in [0.5, 0.6) is 0 Å². The number of hydrogen-bond acceptors (Lipinski definition) is 5. The lowest BCUT2D eigenvalue weighted by Gasteiger charge is -2.28. The van der Waals surface area contributed by atoms with Crippen LogP contribution in [0.15, 0.2) is 67.1 Å². The van der Waals surface area contributed by atoms with E-state index >= 15 is 0 Å². The number of benzene rings is 1. The maximum atomic E-state index is 12.9. The lowest BCUT2D eigenvalue weighted by molar-refractivity contribution is 0.0940. The molecule has 7 nitrogen and oxygen atoms in total. The van der Waals surface area contributed by atoms with Gasteiger partial charge < -0.3 is 10.6 Å². The standard InChI is InChI=1S/C25H26N6O/c1-2-25(11-6-12-28-25)17-27-24(32)19-9-13-26-22(15-19)20-16-29-31-14-10-21(30-23(20)31)18-7-4-3-5-8-18/h3-5,7-10,13-16,28H,2,6,11-12,17H2,1H3,(H,27,32)/t25-/m1/s1. The molecule has 1 amide bonds. The smallest absolute Gasteiger partial charge is 0.251 e. The van der Waals surface area contributed by atoms with Crippen LogP contribution in [0.4, 0.5) is 0 Å². The zero-order valence-electron chi connectivity index (χ0n) is 18.1. The van der Waals surface area contributed by atoms with Gasteiger partial charge in [0.1, 0.15) is 0 Å². The number of fused-ring (bicyclic) bond motifs is 1. The molecular formula is C25H26N6O. The van der Waals surface area contributed by atoms with E-state index < -0.39 is 0 Å². The Hall–Kier alpha value is -3.58. The van der Waals surface area contributed by atoms with Crippen LogP contribution < -0.4 is 10.6 Å². The maximum Gasteiger partial charge on any atom is 0.251 e. The van der Waals surface area contributed by atoms with E-state index in [-0.39, 0.29) is 11.4 Å². The first-order valence-electron chi connectivity index (χ1n) is 11.1. The van der Waals surface area contributed by atoms with Gasteiger partial charge in [-0.2, -0.15) is 5.10 Å². The van der Waals surface area contributed by atoms with Crippen molar-refractivity contribution in [1.29, 1.82) is 0 Å². The second-order valence-electron chi connectivity index (χ2n) is 8.28. The third-order valence-electron chi connectivity index (χ3n) is 6.33. The molecule has 0 spiro atoms. The molecule has 162 valence electrons. The third-order valence-corrected chi connectivity index (χ3v) is 6.33. The number of rotatable bonds is 6. The van der Waals surface area contributed by atoms with Gasteiger partial charge in [-0.1, -0.05) is 37.3 Å². The topological polar surface area (TPSA) is 84.2 Å². The van der Waals surface area contributed by atoms with Crippen molar-refractivity contribution in [2.45, 2.75) is 31.7 Å². The molecule has 0 unspecified atom stereocenters. The average Bonchev–Trinajstić information content (AvgIpc) is 3.50. The van der Waals surface area contributed by atoms with E-state index in [9.17, 15) is 4.79 Å². The number of carbonyl (C=O) groups is 1. The molecule has 0 aliphatic carbocycles. The molecule has 5 rings (SSSR count). The largest absolute Gasteiger partial charge is 0.350 e. The van der Waals surface area contributed by atoms with Crippen molar-refractivity contribution >= 4 is 11.6 Å². The first kappa shape index (κ1) is 20.3. The van der Waals surface area contributed by atoms with E-state index in [0.717, 1.165) is 42.6 Å². The van der Waals surface area contributed by atoms with Crippen molar-refractivity contribution in [3.05, 3.63) is 72.7 Å². The van der Waals surface area contributed by atoms with Gasteiger partial charge in [0.25, 0.3) is 5.91 Å². The van der Waals surface area contributed by atoms with E-state index in [1.807, 2.05) is 48.7 Å². The molecule has 32 heavy (non-hydrogen) atoms. The monoisotopic (exact) mass is 426 g/mol. The van der Waals surface area contributed by atoms with E-state index in [1.165, 1.54) is 0 Å². The molecule has 7 heteroatoms. The van der Waals surface area contributed by atoms with Gasteiger partial charge in [0.15, 0.2) is 5.65 Å². The lowest BCUT2D eigenvalue weighted by Crippen LogP contribution is -2.49. The van der Waals surface area contributed by atoms with Gasteiger partial charge in [0.2, 0.25) is 0 Å². The van der Waals surface area contributed by atoms with E-state index in [4.69, 9.17) is 4.98 Å². The molecule has 4 aromatic rings. The fraction of sp³-hybridized carbons (Fsp3) is 0.280. The quantitative estimate of drug-likeness (QED) is 0.491. The summed E-state index contributed by atoms with van der Waals surface area (Å²) in [5, 5.41) is 11.1. The Bertz CT molecular complexity index is 1240. The minimum absolute atomic E-state index is 0.00567. The summed E-state index contributed by atoms with van der Waals surface area (Å²) < 4.78 is 1.73. The van der Waals surface area contributed by atoms with Crippen molar-refractivity contribution in [2.75, 3.05) is 13.1 Å². The summed E-state index contributed by atoms with van der Waals surface area (Å²) in [6.07, 6.45) is 8.53. The van der Waals surface area contributed by atoms with Gasteiger partial charge in [-0.05, 0) is 44.0 Å². The van der Waals surface area contributed by atoms with Crippen molar-refractivity contribution in [2.24, 2.45) is 0 Å². The fourth-order valence-electron chi connectivity index (χ4n) is 4.34. The van der Waals surface area contributed by atoms with Crippen LogP contribution in [0.3, 0.4) is 0 Å². The Morgan fingerprint density at radius 3 is 2.84 bits per heavy atom. The van der Waals surface area contributed by atoms with Crippen molar-refractivity contribution in [1.82, 2.24) is 30.2 Å². The maximum absolute atomic E-state index is 12.9. The molecule has 3 aromatic heterocycles. The van der Waals surface area contributed by atoms with Gasteiger partial charge in [-0.25, -0.2) is 9.50 Å². The number of pyridine rings is 1. The number of nitrogens with zero attached hydrogens (tertiary/aromatic N) is 4. The normalized spacial score (nSPS) is 18.2. The van der Waals surface area contributed by atoms with Gasteiger partial charge in [0.05, 0.1) is 23.1 Å². The summed E-state index contributed by atoms with van der Waals surface area (Å²) in [5.41, 5.74) is 4.66. The predicted molar refractivity (Wildman–Crippen MR) is 124 cm³/mol. The molecule has 1 aliphatic rings. The van der Waals surface area contributed by atoms with Crippen molar-refractivity contribution in [3.8, 4) is 22.5 Å². The van der Waals surface area contributed by atoms with Crippen LogP contribution in [0.2, 0.25) is 0 Å². The summed E-state index contributed by atoms with van der Waals surface area (Å²) in [7, 11) is 0. The minimum atomic E-state index is -0.0930. The van der Waals surface area contributed by atoms with E-state index in [1.54, 1.807) is 23.0 Å². The second kappa shape index (κ2) is 8.51. The minimum Gasteiger partial charge on any atom is -0.350 e. The van der Waals surface area contributed by atoms with Crippen LogP contribution in [0, 0.1) is 0 Å². The predicted octanol–water partition coefficient (Wildman–Crippen LogP) is 3.72. The summed E-state index contributed by atoms with van der Waals surface area (Å²) in [4.78, 5) is 22.2. The highest BCUT2D eigenvalue weighted by Crippen LogP contribution is 2.25. The number of nitrogens with one attached hydrogen (secondary N) is 2. The van der Waals surface area contributed by atoms with E-state index in [2.05, 4.69) is 27.6 Å². The SMILES string of the molecule is CC[C@]1(CNC(=O)c2ccnc(-c3cnn4ccc(-c5ccccc5)nc34)c2)CCCN1. The molecule has 1 aliphatic heterocycles. The Balaban J connectivity index is 1.42. The first-order chi connectivity index (χ1) is 15.7. The number of carbonyl (C=O) groups excluding carboxylic acids is 1. The highest BCUT2D eigenvalue weighted by Gasteiger charge is 2.31. The van der Waals surface area contributed by atoms with Gasteiger partial charge in [0, 0.05) is 35.6 Å². The first-order valence-corrected chi connectivity index (χ1v) is 11.1. The fourth-order valence-corrected chi connectivity index (χ4v) is 4.34. The van der Waals surface area contributed by atoms with Crippen LogP contribution in [0.1, 0.15) is 36.5 Å². The molecular weight excluding hydrogens is 400 g/mol. The Labute approximate surface area is 186 Å². The van der Waals surface area contributed by atoms with Crippen molar-refractivity contribution < 1.29 is 4.79 Å². The van der Waals surface area contributed by atoms with Crippen LogP contribution in [-0.4, -0.2) is 44.1 Å². The molecule has 1 atom stereocenters. The molecule has 0 radical (unpaired) electrons. The lowest BCUT2D eigenvalue weighted by atomic mass is 9.94. The summed E-state index contributed by atoms with van der Waals surface area (Å²) in [6, 6.07) is 15.5. The molecule has 0 bridgehead atoms. The summed E-state index contributed by atoms with van der Waals surface area (Å²) in [6.45, 7) is 3.80. The van der Waals surface area contributed by atoms with Gasteiger partial charge in [-0.15, -0.1) is 0 Å². The molecule has 4 heterocycles. The van der Waals surface area contributed by atoms with Gasteiger partial charge >= 0.3 is 0 Å². The summed E-state index contributed by atoms with van der Waals surface area (Å²) >= 11 is 0. The van der Waals surface area contributed by atoms with Crippen LogP contribution in [0.25, 0.3) is 28.2 Å². The molecule has 0 saturated carbocycles. The van der Waals surface area contributed by atoms with E-state index in [0.29, 0.717) is 23.4 Å². The average molecular weight is 427 g/mol. The Morgan fingerprint density at radius 1 is 1.19 bits per heavy atom. The third kappa shape index (κ3) is 3.87. The van der Waals surface area contributed by atoms with Crippen LogP contribution >= 0.6 is 0 Å². The Morgan fingerprint density at radius 2 is 2.06 bits per heavy atom. The zero-order valence-corrected chi connectivity index (χ0v) is 18.1. The zero-order chi connectivity index (χ0) is 22.0. The molecule has 1 aromatic carbocycles. The van der Waals surface area contributed by atoms with Crippen LogP contribution in [-0.2, 0) is 0 Å². The molecule has 1 fully saturated rings. The Kier molecular flexibility index (Phi) is 5.41. The second-order valence-corrected chi connectivity index (χ2v) is 8.28. The van der Waals surface area contributed by atoms with Gasteiger partial charge in [-0.3, -0.25) is 9.78 Å². The highest BCUT2D eigenvalue weighted by atomic mass is 16.1. The molecule has 2 N–H and O–H groups in total. The summed E-state index contributed by atoms with van der Waals surface area (Å²) in [5.74, 6) is -0.0930.